The maximum atomic E-state index is 12.3. The first-order valence-corrected chi connectivity index (χ1v) is 7.98. The lowest BCUT2D eigenvalue weighted by Gasteiger charge is -2.22. The molecule has 2 aromatic heterocycles. The molecule has 3 heterocycles. The van der Waals surface area contributed by atoms with Gasteiger partial charge in [-0.25, -0.2) is 4.98 Å². The molecule has 1 atom stereocenters. The highest BCUT2D eigenvalue weighted by Crippen LogP contribution is 2.34. The molecule has 0 radical (unpaired) electrons. The topological polar surface area (TPSA) is 77.2 Å². The van der Waals surface area contributed by atoms with Gasteiger partial charge in [-0.3, -0.25) is 4.79 Å². The SMILES string of the molecule is Cc1ccnc2sc(C(=O)NCC3CCCOC3)c(N)c12. The van der Waals surface area contributed by atoms with Crippen molar-refractivity contribution in [3.63, 3.8) is 0 Å². The van der Waals surface area contributed by atoms with E-state index in [9.17, 15) is 4.79 Å². The van der Waals surface area contributed by atoms with E-state index in [1.54, 1.807) is 6.20 Å². The second-order valence-electron chi connectivity index (χ2n) is 5.45. The number of hydrogen-bond donors (Lipinski definition) is 2. The molecule has 21 heavy (non-hydrogen) atoms. The van der Waals surface area contributed by atoms with Crippen LogP contribution in [0, 0.1) is 12.8 Å². The molecule has 0 aliphatic carbocycles. The van der Waals surface area contributed by atoms with Crippen molar-refractivity contribution in [2.45, 2.75) is 19.8 Å². The first kappa shape index (κ1) is 14.3. The zero-order valence-electron chi connectivity index (χ0n) is 12.0. The number of anilines is 1. The Balaban J connectivity index is 1.75. The number of carbonyl (C=O) groups is 1. The number of pyridine rings is 1. The fourth-order valence-corrected chi connectivity index (χ4v) is 3.71. The number of fused-ring (bicyclic) bond motifs is 1. The molecular weight excluding hydrogens is 286 g/mol. The van der Waals surface area contributed by atoms with E-state index in [0.717, 1.165) is 41.8 Å². The lowest BCUT2D eigenvalue weighted by Crippen LogP contribution is -2.33. The van der Waals surface area contributed by atoms with E-state index < -0.39 is 0 Å². The molecule has 1 aliphatic rings. The third-order valence-corrected chi connectivity index (χ3v) is 4.96. The number of nitrogens with zero attached hydrogens (tertiary/aromatic N) is 1. The van der Waals surface area contributed by atoms with E-state index in [2.05, 4.69) is 10.3 Å². The molecule has 6 heteroatoms. The molecule has 0 aromatic carbocycles. The van der Waals surface area contributed by atoms with Crippen molar-refractivity contribution in [2.24, 2.45) is 5.92 Å². The molecule has 112 valence electrons. The fourth-order valence-electron chi connectivity index (χ4n) is 2.66. The van der Waals surface area contributed by atoms with Crippen molar-refractivity contribution >= 4 is 33.1 Å². The predicted molar refractivity (Wildman–Crippen MR) is 84.6 cm³/mol. The summed E-state index contributed by atoms with van der Waals surface area (Å²) in [5, 5.41) is 3.87. The smallest absolute Gasteiger partial charge is 0.263 e. The molecule has 1 aliphatic heterocycles. The van der Waals surface area contributed by atoms with Crippen LogP contribution in [0.3, 0.4) is 0 Å². The molecule has 1 unspecified atom stereocenters. The second-order valence-corrected chi connectivity index (χ2v) is 6.45. The van der Waals surface area contributed by atoms with Gasteiger partial charge >= 0.3 is 0 Å². The Morgan fingerprint density at radius 2 is 2.48 bits per heavy atom. The highest BCUT2D eigenvalue weighted by molar-refractivity contribution is 7.21. The van der Waals surface area contributed by atoms with Gasteiger partial charge in [0.2, 0.25) is 0 Å². The van der Waals surface area contributed by atoms with Crippen molar-refractivity contribution in [2.75, 3.05) is 25.5 Å². The van der Waals surface area contributed by atoms with Crippen LogP contribution < -0.4 is 11.1 Å². The molecule has 0 spiro atoms. The molecule has 2 aromatic rings. The van der Waals surface area contributed by atoms with Crippen LogP contribution in [0.1, 0.15) is 28.1 Å². The third-order valence-electron chi connectivity index (χ3n) is 3.85. The monoisotopic (exact) mass is 305 g/mol. The maximum Gasteiger partial charge on any atom is 0.263 e. The van der Waals surface area contributed by atoms with Gasteiger partial charge in [0.15, 0.2) is 0 Å². The van der Waals surface area contributed by atoms with Gasteiger partial charge in [-0.05, 0) is 37.3 Å². The Labute approximate surface area is 127 Å². The molecule has 5 nitrogen and oxygen atoms in total. The Bertz CT molecular complexity index is 662. The summed E-state index contributed by atoms with van der Waals surface area (Å²) < 4.78 is 5.42. The van der Waals surface area contributed by atoms with Crippen LogP contribution in [0.5, 0.6) is 0 Å². The molecule has 3 rings (SSSR count). The summed E-state index contributed by atoms with van der Waals surface area (Å²) in [6.45, 7) is 4.18. The number of ether oxygens (including phenoxy) is 1. The van der Waals surface area contributed by atoms with Gasteiger partial charge in [0, 0.05) is 24.7 Å². The van der Waals surface area contributed by atoms with Gasteiger partial charge in [0.1, 0.15) is 9.71 Å². The minimum absolute atomic E-state index is 0.111. The van der Waals surface area contributed by atoms with Gasteiger partial charge in [0.05, 0.1) is 12.3 Å². The Hall–Kier alpha value is -1.66. The average Bonchev–Trinajstić information content (AvgIpc) is 2.84. The number of carbonyl (C=O) groups excluding carboxylic acids is 1. The van der Waals surface area contributed by atoms with Crippen LogP contribution in [0.2, 0.25) is 0 Å². The van der Waals surface area contributed by atoms with Crippen molar-refractivity contribution < 1.29 is 9.53 Å². The van der Waals surface area contributed by atoms with Crippen molar-refractivity contribution in [3.05, 3.63) is 22.7 Å². The van der Waals surface area contributed by atoms with E-state index in [4.69, 9.17) is 10.5 Å². The van der Waals surface area contributed by atoms with Gasteiger partial charge in [-0.15, -0.1) is 11.3 Å². The molecule has 1 fully saturated rings. The number of nitrogens with two attached hydrogens (primary N) is 1. The summed E-state index contributed by atoms with van der Waals surface area (Å²) in [6.07, 6.45) is 3.91. The second kappa shape index (κ2) is 5.99. The lowest BCUT2D eigenvalue weighted by molar-refractivity contribution is 0.0537. The zero-order chi connectivity index (χ0) is 14.8. The fraction of sp³-hybridized carbons (Fsp3) is 0.467. The number of hydrogen-bond acceptors (Lipinski definition) is 5. The number of thiophene rings is 1. The number of rotatable bonds is 3. The first-order chi connectivity index (χ1) is 10.2. The summed E-state index contributed by atoms with van der Waals surface area (Å²) in [7, 11) is 0. The lowest BCUT2D eigenvalue weighted by atomic mass is 10.0. The summed E-state index contributed by atoms with van der Waals surface area (Å²) in [6, 6.07) is 1.91. The zero-order valence-corrected chi connectivity index (χ0v) is 12.8. The summed E-state index contributed by atoms with van der Waals surface area (Å²) in [4.78, 5) is 18.0. The van der Waals surface area contributed by atoms with E-state index in [1.165, 1.54) is 11.3 Å². The Kier molecular flexibility index (Phi) is 4.07. The van der Waals surface area contributed by atoms with Crippen LogP contribution in [-0.4, -0.2) is 30.6 Å². The molecule has 0 bridgehead atoms. The van der Waals surface area contributed by atoms with Gasteiger partial charge < -0.3 is 15.8 Å². The largest absolute Gasteiger partial charge is 0.397 e. The van der Waals surface area contributed by atoms with Crippen LogP contribution in [0.4, 0.5) is 5.69 Å². The van der Waals surface area contributed by atoms with Crippen LogP contribution in [0.25, 0.3) is 10.2 Å². The highest BCUT2D eigenvalue weighted by Gasteiger charge is 2.20. The molecule has 1 saturated heterocycles. The summed E-state index contributed by atoms with van der Waals surface area (Å²) in [5.74, 6) is 0.290. The molecule has 0 saturated carbocycles. The van der Waals surface area contributed by atoms with Crippen molar-refractivity contribution in [1.29, 1.82) is 0 Å². The number of nitrogens with one attached hydrogen (secondary N) is 1. The van der Waals surface area contributed by atoms with Gasteiger partial charge in [-0.2, -0.15) is 0 Å². The van der Waals surface area contributed by atoms with Crippen LogP contribution in [-0.2, 0) is 4.74 Å². The van der Waals surface area contributed by atoms with E-state index in [1.807, 2.05) is 13.0 Å². The molecule has 1 amide bonds. The number of nitrogen functional groups attached to an aromatic ring is 1. The Morgan fingerprint density at radius 1 is 1.62 bits per heavy atom. The van der Waals surface area contributed by atoms with Gasteiger partial charge in [0.25, 0.3) is 5.91 Å². The summed E-state index contributed by atoms with van der Waals surface area (Å²) >= 11 is 1.35. The Morgan fingerprint density at radius 3 is 3.19 bits per heavy atom. The molecular formula is C15H19N3O2S. The van der Waals surface area contributed by atoms with Crippen LogP contribution in [0.15, 0.2) is 12.3 Å². The van der Waals surface area contributed by atoms with Gasteiger partial charge in [-0.1, -0.05) is 0 Å². The van der Waals surface area contributed by atoms with Crippen molar-refractivity contribution in [3.8, 4) is 0 Å². The third kappa shape index (κ3) is 2.87. The average molecular weight is 305 g/mol. The first-order valence-electron chi connectivity index (χ1n) is 7.16. The highest BCUT2D eigenvalue weighted by atomic mass is 32.1. The van der Waals surface area contributed by atoms with E-state index >= 15 is 0 Å². The van der Waals surface area contributed by atoms with Crippen LogP contribution >= 0.6 is 11.3 Å². The number of aromatic nitrogens is 1. The quantitative estimate of drug-likeness (QED) is 0.912. The standard InChI is InChI=1S/C15H19N3O2S/c1-9-4-5-17-15-11(9)12(16)13(21-15)14(19)18-7-10-3-2-6-20-8-10/h4-5,10H,2-3,6-8,16H2,1H3,(H,18,19). The number of aryl methyl sites for hydroxylation is 1. The van der Waals surface area contributed by atoms with Crippen molar-refractivity contribution in [1.82, 2.24) is 10.3 Å². The minimum atomic E-state index is -0.111. The summed E-state index contributed by atoms with van der Waals surface area (Å²) in [5.41, 5.74) is 7.72. The van der Waals surface area contributed by atoms with E-state index in [0.29, 0.717) is 23.0 Å². The minimum Gasteiger partial charge on any atom is -0.397 e. The van der Waals surface area contributed by atoms with E-state index in [-0.39, 0.29) is 5.91 Å². The molecule has 3 N–H and O–H groups in total. The number of amides is 1. The maximum absolute atomic E-state index is 12.3. The normalized spacial score (nSPS) is 18.8. The predicted octanol–water partition coefficient (Wildman–Crippen LogP) is 2.34.